The van der Waals surface area contributed by atoms with Crippen molar-refractivity contribution in [1.29, 1.82) is 0 Å². The predicted octanol–water partition coefficient (Wildman–Crippen LogP) is 2.51. The molecule has 0 atom stereocenters. The number of aromatic carboxylic acids is 1. The maximum Gasteiger partial charge on any atom is 0.339 e. The van der Waals surface area contributed by atoms with E-state index in [0.29, 0.717) is 17.9 Å². The lowest BCUT2D eigenvalue weighted by atomic mass is 10.1. The largest absolute Gasteiger partial charge is 0.493 e. The molecule has 2 rings (SSSR count). The molecule has 0 aliphatic rings. The Bertz CT molecular complexity index is 915. The number of anilines is 1. The van der Waals surface area contributed by atoms with Gasteiger partial charge in [-0.3, -0.25) is 9.59 Å². The number of aryl methyl sites for hydroxylation is 1. The molecular weight excluding hydrogens is 368 g/mol. The number of hydrogen-bond donors (Lipinski definition) is 2. The Labute approximate surface area is 161 Å². The molecule has 0 spiro atoms. The van der Waals surface area contributed by atoms with Crippen molar-refractivity contribution in [2.45, 2.75) is 13.3 Å². The van der Waals surface area contributed by atoms with E-state index in [0.717, 1.165) is 6.07 Å². The molecule has 0 radical (unpaired) electrons. The Morgan fingerprint density at radius 2 is 1.68 bits per heavy atom. The fraction of sp³-hybridized carbons (Fsp3) is 0.316. The van der Waals surface area contributed by atoms with Gasteiger partial charge in [-0.15, -0.1) is 0 Å². The van der Waals surface area contributed by atoms with Crippen molar-refractivity contribution < 1.29 is 33.4 Å². The topological polar surface area (TPSA) is 118 Å². The van der Waals surface area contributed by atoms with E-state index in [-0.39, 0.29) is 34.2 Å². The zero-order valence-electron chi connectivity index (χ0n) is 16.3. The summed E-state index contributed by atoms with van der Waals surface area (Å²) >= 11 is 0. The van der Waals surface area contributed by atoms with Crippen LogP contribution in [0.3, 0.4) is 0 Å². The van der Waals surface area contributed by atoms with Crippen LogP contribution in [0.4, 0.5) is 5.69 Å². The zero-order valence-corrected chi connectivity index (χ0v) is 16.3. The Hall–Kier alpha value is -3.49. The van der Waals surface area contributed by atoms with Crippen molar-refractivity contribution in [2.24, 2.45) is 0 Å². The van der Waals surface area contributed by atoms with E-state index in [9.17, 15) is 19.5 Å². The SMILES string of the molecule is CCc1oc(C(=O)Nc2cc(OC)c(OC)cc2C(=O)N(C)C)cc1C(=O)O. The van der Waals surface area contributed by atoms with Crippen molar-refractivity contribution >= 4 is 23.5 Å². The summed E-state index contributed by atoms with van der Waals surface area (Å²) in [4.78, 5) is 37.8. The second-order valence-electron chi connectivity index (χ2n) is 6.01. The van der Waals surface area contributed by atoms with Crippen LogP contribution in [0.2, 0.25) is 0 Å². The van der Waals surface area contributed by atoms with Gasteiger partial charge < -0.3 is 29.2 Å². The van der Waals surface area contributed by atoms with Crippen LogP contribution in [0.15, 0.2) is 22.6 Å². The third-order valence-corrected chi connectivity index (χ3v) is 3.99. The molecule has 0 saturated heterocycles. The van der Waals surface area contributed by atoms with E-state index in [1.165, 1.54) is 31.3 Å². The molecule has 1 aromatic carbocycles. The van der Waals surface area contributed by atoms with Crippen LogP contribution in [0.5, 0.6) is 11.5 Å². The summed E-state index contributed by atoms with van der Waals surface area (Å²) in [5, 5.41) is 11.8. The minimum atomic E-state index is -1.19. The number of rotatable bonds is 7. The minimum Gasteiger partial charge on any atom is -0.493 e. The molecule has 2 aromatic rings. The molecule has 0 bridgehead atoms. The van der Waals surface area contributed by atoms with Crippen molar-refractivity contribution in [3.63, 3.8) is 0 Å². The van der Waals surface area contributed by atoms with Gasteiger partial charge in [0.2, 0.25) is 0 Å². The molecule has 9 heteroatoms. The van der Waals surface area contributed by atoms with Gasteiger partial charge in [0.05, 0.1) is 25.5 Å². The van der Waals surface area contributed by atoms with E-state index in [1.54, 1.807) is 21.0 Å². The van der Waals surface area contributed by atoms with Gasteiger partial charge in [0.1, 0.15) is 11.3 Å². The Morgan fingerprint density at radius 3 is 2.14 bits per heavy atom. The summed E-state index contributed by atoms with van der Waals surface area (Å²) in [6.45, 7) is 1.72. The molecule has 28 heavy (non-hydrogen) atoms. The summed E-state index contributed by atoms with van der Waals surface area (Å²) in [5.41, 5.74) is 0.272. The first-order valence-electron chi connectivity index (χ1n) is 8.38. The van der Waals surface area contributed by atoms with E-state index in [1.807, 2.05) is 0 Å². The molecule has 0 fully saturated rings. The van der Waals surface area contributed by atoms with Crippen LogP contribution >= 0.6 is 0 Å². The second kappa shape index (κ2) is 8.47. The third-order valence-electron chi connectivity index (χ3n) is 3.99. The van der Waals surface area contributed by atoms with Crippen molar-refractivity contribution in [3.05, 3.63) is 40.8 Å². The molecule has 2 N–H and O–H groups in total. The highest BCUT2D eigenvalue weighted by Crippen LogP contribution is 2.34. The number of hydrogen-bond acceptors (Lipinski definition) is 6. The first-order valence-corrected chi connectivity index (χ1v) is 8.38. The minimum absolute atomic E-state index is 0.0791. The zero-order chi connectivity index (χ0) is 21.0. The van der Waals surface area contributed by atoms with Crippen LogP contribution in [-0.2, 0) is 6.42 Å². The van der Waals surface area contributed by atoms with Crippen LogP contribution in [-0.4, -0.2) is 56.1 Å². The first kappa shape index (κ1) is 20.8. The summed E-state index contributed by atoms with van der Waals surface area (Å²) in [7, 11) is 6.01. The molecule has 0 aliphatic heterocycles. The lowest BCUT2D eigenvalue weighted by Gasteiger charge is -2.17. The lowest BCUT2D eigenvalue weighted by molar-refractivity contribution is 0.0693. The van der Waals surface area contributed by atoms with Crippen LogP contribution < -0.4 is 14.8 Å². The third kappa shape index (κ3) is 4.08. The second-order valence-corrected chi connectivity index (χ2v) is 6.01. The average molecular weight is 390 g/mol. The van der Waals surface area contributed by atoms with E-state index < -0.39 is 11.9 Å². The standard InChI is InChI=1S/C19H22N2O7/c1-6-13-11(19(24)25)8-16(28-13)17(22)20-12-9-15(27-5)14(26-4)7-10(12)18(23)21(2)3/h7-9H,6H2,1-5H3,(H,20,22)(H,24,25). The number of methoxy groups -OCH3 is 2. The molecule has 2 amide bonds. The summed E-state index contributed by atoms with van der Waals surface area (Å²) in [6.07, 6.45) is 0.315. The van der Waals surface area contributed by atoms with Crippen molar-refractivity contribution in [2.75, 3.05) is 33.6 Å². The number of carbonyl (C=O) groups is 3. The first-order chi connectivity index (χ1) is 13.2. The van der Waals surface area contributed by atoms with Gasteiger partial charge in [-0.1, -0.05) is 6.92 Å². The van der Waals surface area contributed by atoms with Gasteiger partial charge in [0, 0.05) is 32.6 Å². The number of nitrogens with one attached hydrogen (secondary N) is 1. The number of carboxylic acids is 1. The number of ether oxygens (including phenoxy) is 2. The molecule has 1 heterocycles. The Balaban J connectivity index is 2.48. The van der Waals surface area contributed by atoms with Gasteiger partial charge >= 0.3 is 5.97 Å². The quantitative estimate of drug-likeness (QED) is 0.746. The fourth-order valence-electron chi connectivity index (χ4n) is 2.57. The van der Waals surface area contributed by atoms with Gasteiger partial charge in [0.25, 0.3) is 11.8 Å². The van der Waals surface area contributed by atoms with Gasteiger partial charge in [-0.2, -0.15) is 0 Å². The van der Waals surface area contributed by atoms with Gasteiger partial charge in [-0.05, 0) is 6.07 Å². The number of carbonyl (C=O) groups excluding carboxylic acids is 2. The molecule has 0 saturated carbocycles. The number of carboxylic acid groups (broad SMARTS) is 1. The number of furan rings is 1. The van der Waals surface area contributed by atoms with Gasteiger partial charge in [-0.25, -0.2) is 4.79 Å². The Kier molecular flexibility index (Phi) is 6.29. The molecule has 150 valence electrons. The molecular formula is C19H22N2O7. The maximum atomic E-state index is 12.6. The smallest absolute Gasteiger partial charge is 0.339 e. The summed E-state index contributed by atoms with van der Waals surface area (Å²) in [6, 6.07) is 4.07. The monoisotopic (exact) mass is 390 g/mol. The maximum absolute atomic E-state index is 12.6. The van der Waals surface area contributed by atoms with E-state index in [2.05, 4.69) is 5.32 Å². The number of benzene rings is 1. The Morgan fingerprint density at radius 1 is 1.07 bits per heavy atom. The molecule has 0 aliphatic carbocycles. The predicted molar refractivity (Wildman–Crippen MR) is 101 cm³/mol. The molecule has 0 unspecified atom stereocenters. The van der Waals surface area contributed by atoms with Gasteiger partial charge in [0.15, 0.2) is 17.3 Å². The fourth-order valence-corrected chi connectivity index (χ4v) is 2.57. The normalized spacial score (nSPS) is 10.3. The van der Waals surface area contributed by atoms with Crippen LogP contribution in [0, 0.1) is 0 Å². The van der Waals surface area contributed by atoms with E-state index >= 15 is 0 Å². The van der Waals surface area contributed by atoms with Crippen LogP contribution in [0.1, 0.15) is 44.0 Å². The highest BCUT2D eigenvalue weighted by Gasteiger charge is 2.23. The average Bonchev–Trinajstić information content (AvgIpc) is 3.11. The highest BCUT2D eigenvalue weighted by atomic mass is 16.5. The van der Waals surface area contributed by atoms with Crippen LogP contribution in [0.25, 0.3) is 0 Å². The summed E-state index contributed by atoms with van der Waals surface area (Å²) < 4.78 is 15.8. The highest BCUT2D eigenvalue weighted by molar-refractivity contribution is 6.09. The van der Waals surface area contributed by atoms with E-state index in [4.69, 9.17) is 13.9 Å². The van der Waals surface area contributed by atoms with Crippen molar-refractivity contribution in [3.8, 4) is 11.5 Å². The van der Waals surface area contributed by atoms with Crippen molar-refractivity contribution in [1.82, 2.24) is 4.90 Å². The molecule has 9 nitrogen and oxygen atoms in total. The lowest BCUT2D eigenvalue weighted by Crippen LogP contribution is -2.24. The molecule has 1 aromatic heterocycles. The summed E-state index contributed by atoms with van der Waals surface area (Å²) in [5.74, 6) is -1.59. The number of amides is 2. The number of nitrogens with zero attached hydrogens (tertiary/aromatic N) is 1.